The quantitative estimate of drug-likeness (QED) is 0.579. The summed E-state index contributed by atoms with van der Waals surface area (Å²) in [6, 6.07) is 3.50. The number of aromatic carboxylic acids is 2. The topological polar surface area (TPSA) is 89.5 Å². The molecule has 0 N–H and O–H groups in total. The van der Waals surface area contributed by atoms with E-state index < -0.39 is 23.1 Å². The van der Waals surface area contributed by atoms with Crippen LogP contribution in [0.25, 0.3) is 0 Å². The van der Waals surface area contributed by atoms with Gasteiger partial charge in [-0.1, -0.05) is 0 Å². The highest BCUT2D eigenvalue weighted by atomic mass is 16.5. The minimum Gasteiger partial charge on any atom is -0.545 e. The second-order valence-electron chi connectivity index (χ2n) is 2.49. The number of carbonyl (C=O) groups is 2. The van der Waals surface area contributed by atoms with Crippen LogP contribution in [-0.2, 0) is 0 Å². The van der Waals surface area contributed by atoms with E-state index in [0.717, 1.165) is 12.1 Å². The lowest BCUT2D eigenvalue weighted by molar-refractivity contribution is -0.259. The molecule has 1 rings (SSSR count). The molecule has 0 atom stereocenters. The highest BCUT2D eigenvalue weighted by Crippen LogP contribution is 2.16. The molecule has 0 fully saturated rings. The average Bonchev–Trinajstić information content (AvgIpc) is 2.16. The van der Waals surface area contributed by atoms with Crippen LogP contribution < -0.4 is 14.9 Å². The summed E-state index contributed by atoms with van der Waals surface area (Å²) in [5, 5.41) is 21.0. The molecule has 0 amide bonds. The average molecular weight is 194 g/mol. The van der Waals surface area contributed by atoms with Crippen LogP contribution in [-0.4, -0.2) is 19.0 Å². The first-order valence-corrected chi connectivity index (χ1v) is 3.67. The zero-order chi connectivity index (χ0) is 10.7. The van der Waals surface area contributed by atoms with E-state index in [9.17, 15) is 19.8 Å². The second-order valence-corrected chi connectivity index (χ2v) is 2.49. The van der Waals surface area contributed by atoms with Crippen molar-refractivity contribution in [3.63, 3.8) is 0 Å². The number of hydrogen-bond donors (Lipinski definition) is 0. The molecule has 1 aromatic rings. The summed E-state index contributed by atoms with van der Waals surface area (Å²) < 4.78 is 4.74. The minimum atomic E-state index is -1.58. The molecule has 74 valence electrons. The van der Waals surface area contributed by atoms with Gasteiger partial charge in [0.1, 0.15) is 5.75 Å². The maximum Gasteiger partial charge on any atom is 0.119 e. The molecule has 0 unspecified atom stereocenters. The van der Waals surface area contributed by atoms with Crippen molar-refractivity contribution in [1.29, 1.82) is 0 Å². The first-order chi connectivity index (χ1) is 6.56. The third kappa shape index (κ3) is 1.82. The van der Waals surface area contributed by atoms with Crippen molar-refractivity contribution < 1.29 is 24.5 Å². The van der Waals surface area contributed by atoms with Crippen molar-refractivity contribution in [1.82, 2.24) is 0 Å². The van der Waals surface area contributed by atoms with Gasteiger partial charge in [0.15, 0.2) is 0 Å². The molecule has 5 nitrogen and oxygen atoms in total. The summed E-state index contributed by atoms with van der Waals surface area (Å²) in [5.41, 5.74) is -0.879. The van der Waals surface area contributed by atoms with Crippen LogP contribution in [0.4, 0.5) is 0 Å². The maximum absolute atomic E-state index is 10.5. The Hall–Kier alpha value is -2.04. The Labute approximate surface area is 79.6 Å². The van der Waals surface area contributed by atoms with Gasteiger partial charge in [-0.05, 0) is 18.2 Å². The van der Waals surface area contributed by atoms with Crippen LogP contribution in [0.3, 0.4) is 0 Å². The normalized spacial score (nSPS) is 9.50. The Morgan fingerprint density at radius 1 is 1.14 bits per heavy atom. The summed E-state index contributed by atoms with van der Waals surface area (Å²) in [4.78, 5) is 21.0. The van der Waals surface area contributed by atoms with Gasteiger partial charge in [0.2, 0.25) is 0 Å². The van der Waals surface area contributed by atoms with Gasteiger partial charge in [-0.25, -0.2) is 0 Å². The fraction of sp³-hybridized carbons (Fsp3) is 0.111. The predicted octanol–water partition coefficient (Wildman–Crippen LogP) is -1.58. The zero-order valence-corrected chi connectivity index (χ0v) is 7.27. The highest BCUT2D eigenvalue weighted by molar-refractivity contribution is 6.00. The van der Waals surface area contributed by atoms with E-state index in [1.807, 2.05) is 0 Å². The third-order valence-electron chi connectivity index (χ3n) is 1.67. The summed E-state index contributed by atoms with van der Waals surface area (Å²) in [7, 11) is 1.34. The molecule has 0 aliphatic rings. The van der Waals surface area contributed by atoms with Crippen molar-refractivity contribution in [2.45, 2.75) is 0 Å². The van der Waals surface area contributed by atoms with E-state index in [1.54, 1.807) is 0 Å². The van der Waals surface area contributed by atoms with E-state index in [0.29, 0.717) is 0 Å². The van der Waals surface area contributed by atoms with E-state index in [-0.39, 0.29) is 5.75 Å². The number of carboxylic acids is 2. The number of hydrogen-bond acceptors (Lipinski definition) is 5. The Balaban J connectivity index is 3.31. The largest absolute Gasteiger partial charge is 0.545 e. The molecular weight excluding hydrogens is 188 g/mol. The summed E-state index contributed by atoms with van der Waals surface area (Å²) in [5.74, 6) is -2.90. The van der Waals surface area contributed by atoms with E-state index >= 15 is 0 Å². The summed E-state index contributed by atoms with van der Waals surface area (Å²) >= 11 is 0. The van der Waals surface area contributed by atoms with Gasteiger partial charge in [0, 0.05) is 11.1 Å². The van der Waals surface area contributed by atoms with E-state index in [2.05, 4.69) is 0 Å². The van der Waals surface area contributed by atoms with Crippen LogP contribution in [0, 0.1) is 0 Å². The summed E-state index contributed by atoms with van der Waals surface area (Å²) in [6.45, 7) is 0. The van der Waals surface area contributed by atoms with Gasteiger partial charge in [-0.3, -0.25) is 0 Å². The van der Waals surface area contributed by atoms with E-state index in [4.69, 9.17) is 4.74 Å². The monoisotopic (exact) mass is 194 g/mol. The Kier molecular flexibility index (Phi) is 2.71. The summed E-state index contributed by atoms with van der Waals surface area (Å²) in [6.07, 6.45) is 0. The van der Waals surface area contributed by atoms with Crippen LogP contribution in [0.2, 0.25) is 0 Å². The Morgan fingerprint density at radius 3 is 2.14 bits per heavy atom. The molecular formula is C9H6O5-2. The second kappa shape index (κ2) is 3.78. The standard InChI is InChI=1S/C9H8O5/c1-14-5-2-3-6(8(10)11)7(4-5)9(12)13/h2-4H,1H3,(H,10,11)(H,12,13)/p-2. The number of rotatable bonds is 3. The molecule has 0 radical (unpaired) electrons. The number of carbonyl (C=O) groups excluding carboxylic acids is 2. The first kappa shape index (κ1) is 10.0. The van der Waals surface area contributed by atoms with Gasteiger partial charge in [0.25, 0.3) is 0 Å². The number of benzene rings is 1. The minimum absolute atomic E-state index is 0.245. The van der Waals surface area contributed by atoms with Crippen LogP contribution >= 0.6 is 0 Å². The molecule has 5 heteroatoms. The van der Waals surface area contributed by atoms with Gasteiger partial charge >= 0.3 is 0 Å². The van der Waals surface area contributed by atoms with Crippen molar-refractivity contribution in [3.05, 3.63) is 29.3 Å². The highest BCUT2D eigenvalue weighted by Gasteiger charge is 2.05. The van der Waals surface area contributed by atoms with Crippen molar-refractivity contribution >= 4 is 11.9 Å². The van der Waals surface area contributed by atoms with Gasteiger partial charge in [-0.2, -0.15) is 0 Å². The molecule has 0 saturated carbocycles. The molecule has 0 aliphatic carbocycles. The van der Waals surface area contributed by atoms with E-state index in [1.165, 1.54) is 13.2 Å². The molecule has 0 saturated heterocycles. The predicted molar refractivity (Wildman–Crippen MR) is 41.7 cm³/mol. The molecule has 0 heterocycles. The number of ether oxygens (including phenoxy) is 1. The van der Waals surface area contributed by atoms with Crippen molar-refractivity contribution in [2.24, 2.45) is 0 Å². The number of methoxy groups -OCH3 is 1. The SMILES string of the molecule is COc1ccc(C(=O)[O-])c(C(=O)[O-])c1. The molecule has 0 spiro atoms. The molecule has 14 heavy (non-hydrogen) atoms. The lowest BCUT2D eigenvalue weighted by atomic mass is 10.1. The molecule has 1 aromatic carbocycles. The molecule has 0 aliphatic heterocycles. The Morgan fingerprint density at radius 2 is 1.71 bits per heavy atom. The smallest absolute Gasteiger partial charge is 0.119 e. The van der Waals surface area contributed by atoms with Crippen LogP contribution in [0.1, 0.15) is 20.7 Å². The lowest BCUT2D eigenvalue weighted by Crippen LogP contribution is -2.30. The first-order valence-electron chi connectivity index (χ1n) is 3.67. The lowest BCUT2D eigenvalue weighted by Gasteiger charge is -2.12. The fourth-order valence-corrected chi connectivity index (χ4v) is 0.997. The van der Waals surface area contributed by atoms with Crippen molar-refractivity contribution in [2.75, 3.05) is 7.11 Å². The van der Waals surface area contributed by atoms with Gasteiger partial charge in [0.05, 0.1) is 19.0 Å². The van der Waals surface area contributed by atoms with Crippen molar-refractivity contribution in [3.8, 4) is 5.75 Å². The zero-order valence-electron chi connectivity index (χ0n) is 7.27. The van der Waals surface area contributed by atoms with Crippen LogP contribution in [0.5, 0.6) is 5.75 Å². The Bertz CT molecular complexity index is 383. The van der Waals surface area contributed by atoms with Gasteiger partial charge < -0.3 is 24.5 Å². The van der Waals surface area contributed by atoms with Crippen LogP contribution in [0.15, 0.2) is 18.2 Å². The maximum atomic E-state index is 10.5. The molecule has 0 bridgehead atoms. The number of carboxylic acid groups (broad SMARTS) is 2. The third-order valence-corrected chi connectivity index (χ3v) is 1.67. The van der Waals surface area contributed by atoms with Gasteiger partial charge in [-0.15, -0.1) is 0 Å². The molecule has 0 aromatic heterocycles. The fourth-order valence-electron chi connectivity index (χ4n) is 0.997.